The Hall–Kier alpha value is -0.510. The third-order valence-electron chi connectivity index (χ3n) is 2.64. The minimum absolute atomic E-state index is 0.305. The molecular formula is C14H23NOS. The molecule has 3 heteroatoms. The summed E-state index contributed by atoms with van der Waals surface area (Å²) < 4.78 is 5.90. The molecule has 0 aliphatic heterocycles. The molecule has 0 bridgehead atoms. The van der Waals surface area contributed by atoms with Crippen molar-refractivity contribution >= 4 is 11.8 Å². The van der Waals surface area contributed by atoms with E-state index in [9.17, 15) is 0 Å². The number of hydrogen-bond acceptors (Lipinski definition) is 3. The van der Waals surface area contributed by atoms with E-state index in [1.807, 2.05) is 30.0 Å². The second-order valence-corrected chi connectivity index (χ2v) is 6.19. The van der Waals surface area contributed by atoms with Gasteiger partial charge >= 0.3 is 0 Å². The van der Waals surface area contributed by atoms with Gasteiger partial charge in [0.1, 0.15) is 0 Å². The first-order valence-corrected chi connectivity index (χ1v) is 7.24. The number of thioether (sulfide) groups is 1. The zero-order valence-corrected chi connectivity index (χ0v) is 11.8. The summed E-state index contributed by atoms with van der Waals surface area (Å²) in [5, 5.41) is 3.42. The van der Waals surface area contributed by atoms with Crippen molar-refractivity contribution in [3.05, 3.63) is 35.9 Å². The monoisotopic (exact) mass is 253 g/mol. The third-order valence-corrected chi connectivity index (χ3v) is 3.89. The molecule has 0 unspecified atom stereocenters. The number of nitrogens with one attached hydrogen (secondary N) is 1. The van der Waals surface area contributed by atoms with E-state index < -0.39 is 0 Å². The Bertz CT molecular complexity index is 300. The summed E-state index contributed by atoms with van der Waals surface area (Å²) in [4.78, 5) is 0. The summed E-state index contributed by atoms with van der Waals surface area (Å²) in [5.74, 6) is 0. The summed E-state index contributed by atoms with van der Waals surface area (Å²) in [6.45, 7) is 7.89. The first-order valence-electron chi connectivity index (χ1n) is 6.01. The molecule has 0 aliphatic carbocycles. The molecule has 1 rings (SSSR count). The third kappa shape index (κ3) is 6.71. The largest absolute Gasteiger partial charge is 0.375 e. The molecule has 0 aliphatic rings. The number of benzene rings is 1. The highest BCUT2D eigenvalue weighted by molar-refractivity contribution is 7.99. The van der Waals surface area contributed by atoms with Gasteiger partial charge in [0.25, 0.3) is 0 Å². The van der Waals surface area contributed by atoms with Crippen LogP contribution in [0.25, 0.3) is 0 Å². The molecule has 96 valence electrons. The van der Waals surface area contributed by atoms with Crippen molar-refractivity contribution in [2.75, 3.05) is 26.0 Å². The van der Waals surface area contributed by atoms with Crippen molar-refractivity contribution in [1.29, 1.82) is 0 Å². The highest BCUT2D eigenvalue weighted by atomic mass is 32.2. The summed E-state index contributed by atoms with van der Waals surface area (Å²) >= 11 is 1.88. The van der Waals surface area contributed by atoms with Crippen LogP contribution in [0.3, 0.4) is 0 Å². The zero-order chi connectivity index (χ0) is 12.6. The highest BCUT2D eigenvalue weighted by Gasteiger charge is 2.14. The maximum atomic E-state index is 5.60. The second kappa shape index (κ2) is 7.75. The number of hydrogen-bond donors (Lipinski definition) is 1. The van der Waals surface area contributed by atoms with Gasteiger partial charge < -0.3 is 10.1 Å². The lowest BCUT2D eigenvalue weighted by atomic mass is 10.2. The Morgan fingerprint density at radius 2 is 1.94 bits per heavy atom. The fourth-order valence-electron chi connectivity index (χ4n) is 1.37. The van der Waals surface area contributed by atoms with Gasteiger partial charge in [-0.05, 0) is 25.7 Å². The highest BCUT2D eigenvalue weighted by Crippen LogP contribution is 2.19. The van der Waals surface area contributed by atoms with E-state index in [0.717, 1.165) is 19.7 Å². The Morgan fingerprint density at radius 1 is 1.24 bits per heavy atom. The number of ether oxygens (including phenoxy) is 1. The molecule has 0 saturated heterocycles. The van der Waals surface area contributed by atoms with Gasteiger partial charge in [-0.3, -0.25) is 0 Å². The molecule has 1 aromatic carbocycles. The van der Waals surface area contributed by atoms with Crippen LogP contribution in [-0.2, 0) is 11.3 Å². The lowest BCUT2D eigenvalue weighted by Gasteiger charge is -2.22. The fourth-order valence-corrected chi connectivity index (χ4v) is 1.62. The van der Waals surface area contributed by atoms with Crippen LogP contribution in [0.5, 0.6) is 0 Å². The van der Waals surface area contributed by atoms with Gasteiger partial charge in [0.05, 0.1) is 13.2 Å². The van der Waals surface area contributed by atoms with E-state index in [-0.39, 0.29) is 0 Å². The van der Waals surface area contributed by atoms with Gasteiger partial charge in [-0.2, -0.15) is 11.8 Å². The average Bonchev–Trinajstić information content (AvgIpc) is 2.35. The van der Waals surface area contributed by atoms with Crippen molar-refractivity contribution in [3.8, 4) is 0 Å². The predicted molar refractivity (Wildman–Crippen MR) is 76.6 cm³/mol. The van der Waals surface area contributed by atoms with Crippen molar-refractivity contribution in [2.45, 2.75) is 25.2 Å². The molecule has 0 aromatic heterocycles. The van der Waals surface area contributed by atoms with Crippen LogP contribution in [-0.4, -0.2) is 30.7 Å². The van der Waals surface area contributed by atoms with Gasteiger partial charge in [0, 0.05) is 17.8 Å². The predicted octanol–water partition coefficient (Wildman–Crippen LogP) is 2.93. The minimum atomic E-state index is 0.305. The molecule has 0 amide bonds. The van der Waals surface area contributed by atoms with Crippen LogP contribution in [0.2, 0.25) is 0 Å². The van der Waals surface area contributed by atoms with E-state index in [4.69, 9.17) is 4.74 Å². The molecule has 0 saturated carbocycles. The van der Waals surface area contributed by atoms with Crippen LogP contribution >= 0.6 is 11.8 Å². The Kier molecular flexibility index (Phi) is 6.63. The van der Waals surface area contributed by atoms with E-state index >= 15 is 0 Å². The van der Waals surface area contributed by atoms with E-state index in [0.29, 0.717) is 11.4 Å². The van der Waals surface area contributed by atoms with Crippen LogP contribution < -0.4 is 5.32 Å². The molecule has 0 heterocycles. The first-order chi connectivity index (χ1) is 8.14. The van der Waals surface area contributed by atoms with Crippen LogP contribution in [0.15, 0.2) is 30.3 Å². The molecule has 0 fully saturated rings. The van der Waals surface area contributed by atoms with Gasteiger partial charge in [0.2, 0.25) is 0 Å². The lowest BCUT2D eigenvalue weighted by Crippen LogP contribution is -2.33. The van der Waals surface area contributed by atoms with Crippen LogP contribution in [0.1, 0.15) is 19.4 Å². The summed E-state index contributed by atoms with van der Waals surface area (Å²) in [7, 11) is 0. The Balaban J connectivity index is 2.02. The maximum Gasteiger partial charge on any atom is 0.0717 e. The SMILES string of the molecule is CSC(C)(C)CNCCOCc1ccccc1. The van der Waals surface area contributed by atoms with Crippen molar-refractivity contribution in [2.24, 2.45) is 0 Å². The van der Waals surface area contributed by atoms with Gasteiger partial charge in [-0.15, -0.1) is 0 Å². The molecule has 1 N–H and O–H groups in total. The Morgan fingerprint density at radius 3 is 2.59 bits per heavy atom. The van der Waals surface area contributed by atoms with E-state index in [1.54, 1.807) is 0 Å². The number of rotatable bonds is 8. The molecule has 0 radical (unpaired) electrons. The van der Waals surface area contributed by atoms with Crippen molar-refractivity contribution < 1.29 is 4.74 Å². The van der Waals surface area contributed by atoms with Crippen molar-refractivity contribution in [1.82, 2.24) is 5.32 Å². The quantitative estimate of drug-likeness (QED) is 0.720. The van der Waals surface area contributed by atoms with Crippen molar-refractivity contribution in [3.63, 3.8) is 0 Å². The van der Waals surface area contributed by atoms with Gasteiger partial charge in [0.15, 0.2) is 0 Å². The minimum Gasteiger partial charge on any atom is -0.375 e. The standard InChI is InChI=1S/C14H23NOS/c1-14(2,17-3)12-15-9-10-16-11-13-7-5-4-6-8-13/h4-8,15H,9-12H2,1-3H3. The second-order valence-electron chi connectivity index (χ2n) is 4.68. The van der Waals surface area contributed by atoms with E-state index in [2.05, 4.69) is 37.6 Å². The van der Waals surface area contributed by atoms with Gasteiger partial charge in [-0.25, -0.2) is 0 Å². The van der Waals surface area contributed by atoms with Crippen LogP contribution in [0.4, 0.5) is 0 Å². The summed E-state index contributed by atoms with van der Waals surface area (Å²) in [5.41, 5.74) is 1.23. The molecule has 17 heavy (non-hydrogen) atoms. The first kappa shape index (κ1) is 14.6. The molecule has 1 aromatic rings. The Labute approximate surface area is 109 Å². The van der Waals surface area contributed by atoms with Crippen LogP contribution in [0, 0.1) is 0 Å². The molecular weight excluding hydrogens is 230 g/mol. The fraction of sp³-hybridized carbons (Fsp3) is 0.571. The summed E-state index contributed by atoms with van der Waals surface area (Å²) in [6, 6.07) is 10.3. The average molecular weight is 253 g/mol. The molecule has 2 nitrogen and oxygen atoms in total. The maximum absolute atomic E-state index is 5.60. The lowest BCUT2D eigenvalue weighted by molar-refractivity contribution is 0.122. The topological polar surface area (TPSA) is 21.3 Å². The smallest absolute Gasteiger partial charge is 0.0717 e. The summed E-state index contributed by atoms with van der Waals surface area (Å²) in [6.07, 6.45) is 2.15. The van der Waals surface area contributed by atoms with Gasteiger partial charge in [-0.1, -0.05) is 30.3 Å². The van der Waals surface area contributed by atoms with E-state index in [1.165, 1.54) is 5.56 Å². The molecule has 0 spiro atoms. The molecule has 0 atom stereocenters. The zero-order valence-electron chi connectivity index (χ0n) is 11.0. The normalized spacial score (nSPS) is 11.7.